The number of halogens is 2. The largest absolute Gasteiger partial charge is 0.472 e. The first-order valence-corrected chi connectivity index (χ1v) is 4.44. The third-order valence-corrected chi connectivity index (χ3v) is 2.58. The number of hydrogen-bond donors (Lipinski definition) is 0. The van der Waals surface area contributed by atoms with Gasteiger partial charge in [0.1, 0.15) is 6.26 Å². The molecule has 76 valence electrons. The summed E-state index contributed by atoms with van der Waals surface area (Å²) in [6.45, 7) is 1.73. The number of Topliss-reactive ketones (excluding diaryl/α,β-unsaturated/α-hetero) is 1. The molecule has 2 rings (SSSR count). The van der Waals surface area contributed by atoms with E-state index in [1.807, 2.05) is 0 Å². The monoisotopic (exact) mass is 200 g/mol. The van der Waals surface area contributed by atoms with E-state index in [9.17, 15) is 13.6 Å². The van der Waals surface area contributed by atoms with Crippen molar-refractivity contribution in [3.05, 3.63) is 23.7 Å². The molecule has 0 bridgehead atoms. The smallest absolute Gasteiger partial charge is 0.249 e. The summed E-state index contributed by atoms with van der Waals surface area (Å²) < 4.78 is 29.9. The van der Waals surface area contributed by atoms with Gasteiger partial charge in [0, 0.05) is 18.8 Å². The minimum absolute atomic E-state index is 0.220. The predicted octanol–water partition coefficient (Wildman–Crippen LogP) is 2.82. The highest BCUT2D eigenvalue weighted by atomic mass is 19.3. The van der Waals surface area contributed by atoms with Gasteiger partial charge in [0.2, 0.25) is 5.92 Å². The average molecular weight is 200 g/mol. The fourth-order valence-electron chi connectivity index (χ4n) is 1.68. The van der Waals surface area contributed by atoms with E-state index in [1.54, 1.807) is 6.92 Å². The fourth-order valence-corrected chi connectivity index (χ4v) is 1.68. The van der Waals surface area contributed by atoms with E-state index in [0.717, 1.165) is 0 Å². The van der Waals surface area contributed by atoms with Gasteiger partial charge in [-0.15, -0.1) is 0 Å². The van der Waals surface area contributed by atoms with Crippen LogP contribution in [0.4, 0.5) is 8.78 Å². The molecule has 1 aliphatic carbocycles. The molecule has 0 aliphatic heterocycles. The summed E-state index contributed by atoms with van der Waals surface area (Å²) in [5.74, 6) is -3.39. The van der Waals surface area contributed by atoms with Gasteiger partial charge in [-0.25, -0.2) is 8.78 Å². The van der Waals surface area contributed by atoms with Crippen LogP contribution in [-0.2, 0) is 0 Å². The van der Waals surface area contributed by atoms with E-state index in [1.165, 1.54) is 12.5 Å². The number of hydrogen-bond acceptors (Lipinski definition) is 2. The number of carbonyl (C=O) groups is 1. The zero-order valence-corrected chi connectivity index (χ0v) is 7.72. The predicted molar refractivity (Wildman–Crippen MR) is 45.4 cm³/mol. The Labute approximate surface area is 79.9 Å². The molecule has 1 fully saturated rings. The van der Waals surface area contributed by atoms with Crippen molar-refractivity contribution in [1.29, 1.82) is 0 Å². The van der Waals surface area contributed by atoms with E-state index in [0.29, 0.717) is 11.1 Å². The van der Waals surface area contributed by atoms with Crippen LogP contribution in [0.1, 0.15) is 28.8 Å². The molecule has 0 spiro atoms. The highest BCUT2D eigenvalue weighted by Gasteiger charge is 2.49. The molecule has 1 aromatic heterocycles. The Bertz CT molecular complexity index is 360. The molecule has 14 heavy (non-hydrogen) atoms. The molecule has 1 saturated carbocycles. The summed E-state index contributed by atoms with van der Waals surface area (Å²) in [5, 5.41) is 0. The Morgan fingerprint density at radius 2 is 2.14 bits per heavy atom. The van der Waals surface area contributed by atoms with Crippen molar-refractivity contribution >= 4 is 5.78 Å². The molecule has 2 nitrogen and oxygen atoms in total. The van der Waals surface area contributed by atoms with Crippen molar-refractivity contribution in [2.24, 2.45) is 5.92 Å². The van der Waals surface area contributed by atoms with Crippen molar-refractivity contribution in [3.8, 4) is 0 Å². The minimum Gasteiger partial charge on any atom is -0.472 e. The van der Waals surface area contributed by atoms with Crippen LogP contribution in [-0.4, -0.2) is 11.7 Å². The maximum absolute atomic E-state index is 12.5. The van der Waals surface area contributed by atoms with Crippen LogP contribution < -0.4 is 0 Å². The summed E-state index contributed by atoms with van der Waals surface area (Å²) in [6, 6.07) is 0. The summed E-state index contributed by atoms with van der Waals surface area (Å²) in [7, 11) is 0. The summed E-state index contributed by atoms with van der Waals surface area (Å²) >= 11 is 0. The topological polar surface area (TPSA) is 30.2 Å². The quantitative estimate of drug-likeness (QED) is 0.687. The Hall–Kier alpha value is -1.19. The summed E-state index contributed by atoms with van der Waals surface area (Å²) in [4.78, 5) is 11.6. The van der Waals surface area contributed by atoms with Gasteiger partial charge in [0.15, 0.2) is 5.78 Å². The van der Waals surface area contributed by atoms with Gasteiger partial charge >= 0.3 is 0 Å². The molecule has 0 atom stereocenters. The van der Waals surface area contributed by atoms with Crippen molar-refractivity contribution in [3.63, 3.8) is 0 Å². The van der Waals surface area contributed by atoms with Crippen LogP contribution in [0.15, 0.2) is 16.9 Å². The Kier molecular flexibility index (Phi) is 1.94. The second kappa shape index (κ2) is 2.90. The maximum atomic E-state index is 12.5. The van der Waals surface area contributed by atoms with Gasteiger partial charge in [-0.05, 0) is 12.5 Å². The molecule has 0 saturated heterocycles. The van der Waals surface area contributed by atoms with Gasteiger partial charge in [-0.3, -0.25) is 4.79 Å². The lowest BCUT2D eigenvalue weighted by Gasteiger charge is -2.33. The molecular formula is C10H10F2O2. The Morgan fingerprint density at radius 3 is 2.57 bits per heavy atom. The molecule has 0 N–H and O–H groups in total. The second-order valence-corrected chi connectivity index (χ2v) is 3.79. The number of furan rings is 1. The lowest BCUT2D eigenvalue weighted by Crippen LogP contribution is -2.40. The number of ketones is 1. The van der Waals surface area contributed by atoms with E-state index in [2.05, 4.69) is 0 Å². The van der Waals surface area contributed by atoms with Crippen LogP contribution in [0.5, 0.6) is 0 Å². The molecule has 0 aromatic carbocycles. The number of rotatable bonds is 2. The molecular weight excluding hydrogens is 190 g/mol. The van der Waals surface area contributed by atoms with E-state index >= 15 is 0 Å². The zero-order valence-electron chi connectivity index (χ0n) is 7.72. The van der Waals surface area contributed by atoms with E-state index in [4.69, 9.17) is 4.42 Å². The molecule has 4 heteroatoms. The fraction of sp³-hybridized carbons (Fsp3) is 0.500. The van der Waals surface area contributed by atoms with Crippen LogP contribution >= 0.6 is 0 Å². The summed E-state index contributed by atoms with van der Waals surface area (Å²) in [6.07, 6.45) is 2.13. The highest BCUT2D eigenvalue weighted by Crippen LogP contribution is 2.44. The first-order valence-electron chi connectivity index (χ1n) is 4.44. The van der Waals surface area contributed by atoms with Gasteiger partial charge in [0.05, 0.1) is 11.8 Å². The molecule has 0 amide bonds. The van der Waals surface area contributed by atoms with Crippen LogP contribution in [0.3, 0.4) is 0 Å². The van der Waals surface area contributed by atoms with Crippen LogP contribution in [0.25, 0.3) is 0 Å². The third kappa shape index (κ3) is 1.45. The maximum Gasteiger partial charge on any atom is 0.249 e. The van der Waals surface area contributed by atoms with Gasteiger partial charge in [-0.2, -0.15) is 0 Å². The first-order chi connectivity index (χ1) is 6.49. The van der Waals surface area contributed by atoms with Gasteiger partial charge in [-0.1, -0.05) is 0 Å². The first kappa shape index (κ1) is 9.37. The van der Waals surface area contributed by atoms with E-state index < -0.39 is 11.8 Å². The second-order valence-electron chi connectivity index (χ2n) is 3.79. The lowest BCUT2D eigenvalue weighted by atomic mass is 9.76. The zero-order chi connectivity index (χ0) is 10.3. The van der Waals surface area contributed by atoms with Crippen molar-refractivity contribution in [2.75, 3.05) is 0 Å². The Balaban J connectivity index is 2.08. The van der Waals surface area contributed by atoms with Crippen molar-refractivity contribution < 1.29 is 18.0 Å². The molecule has 0 radical (unpaired) electrons. The molecule has 1 aromatic rings. The van der Waals surface area contributed by atoms with E-state index in [-0.39, 0.29) is 18.6 Å². The Morgan fingerprint density at radius 1 is 1.50 bits per heavy atom. The van der Waals surface area contributed by atoms with Crippen LogP contribution in [0.2, 0.25) is 0 Å². The number of aryl methyl sites for hydroxylation is 1. The van der Waals surface area contributed by atoms with Crippen molar-refractivity contribution in [2.45, 2.75) is 25.7 Å². The van der Waals surface area contributed by atoms with Crippen molar-refractivity contribution in [1.82, 2.24) is 0 Å². The van der Waals surface area contributed by atoms with Gasteiger partial charge < -0.3 is 4.42 Å². The normalized spacial score (nSPS) is 20.5. The lowest BCUT2D eigenvalue weighted by molar-refractivity contribution is -0.0982. The number of alkyl halides is 2. The summed E-state index contributed by atoms with van der Waals surface area (Å²) in [5.41, 5.74) is 1.15. The minimum atomic E-state index is -2.64. The number of carbonyl (C=O) groups excluding carboxylic acids is 1. The van der Waals surface area contributed by atoms with Gasteiger partial charge in [0.25, 0.3) is 0 Å². The van der Waals surface area contributed by atoms with Crippen LogP contribution in [0, 0.1) is 12.8 Å². The SMILES string of the molecule is Cc1cocc1C(=O)C1CC(F)(F)C1. The molecule has 0 unspecified atom stereocenters. The highest BCUT2D eigenvalue weighted by molar-refractivity contribution is 5.99. The third-order valence-electron chi connectivity index (χ3n) is 2.58. The average Bonchev–Trinajstić information content (AvgIpc) is 2.45. The molecule has 1 aliphatic rings. The standard InChI is InChI=1S/C10H10F2O2/c1-6-4-14-5-8(6)9(13)7-2-10(11,12)3-7/h4-5,7H,2-3H2,1H3. The molecule has 1 heterocycles.